The van der Waals surface area contributed by atoms with Crippen molar-refractivity contribution >= 4 is 7.75 Å². The molecular weight excluding hydrogens is 129 g/mol. The van der Waals surface area contributed by atoms with Crippen LogP contribution in [0.25, 0.3) is 0 Å². The predicted octanol–water partition coefficient (Wildman–Crippen LogP) is -0.937. The van der Waals surface area contributed by atoms with Crippen LogP contribution in [0.15, 0.2) is 0 Å². The van der Waals surface area contributed by atoms with Gasteiger partial charge in [0.1, 0.15) is 6.61 Å². The van der Waals surface area contributed by atoms with Crippen LogP contribution >= 0.6 is 7.75 Å². The van der Waals surface area contributed by atoms with E-state index in [4.69, 9.17) is 0 Å². The molecule has 4 nitrogen and oxygen atoms in total. The second kappa shape index (κ2) is 2.85. The minimum absolute atomic E-state index is 0.294. The molecule has 2 N–H and O–H groups in total. The van der Waals surface area contributed by atoms with Crippen LogP contribution in [0.5, 0.6) is 0 Å². The summed E-state index contributed by atoms with van der Waals surface area (Å²) in [7, 11) is -4.07. The fourth-order valence-corrected chi connectivity index (χ4v) is 0.382. The van der Waals surface area contributed by atoms with Crippen molar-refractivity contribution in [2.75, 3.05) is 6.61 Å². The topological polar surface area (TPSA) is 75.4 Å². The first kappa shape index (κ1) is 7.67. The molecule has 0 rings (SSSR count). The fraction of sp³-hybridized carbons (Fsp3) is 0.333. The zero-order chi connectivity index (χ0) is 6.62. The van der Waals surface area contributed by atoms with Gasteiger partial charge < -0.3 is 9.42 Å². The quantitative estimate of drug-likeness (QED) is 0.390. The summed E-state index contributed by atoms with van der Waals surface area (Å²) in [6.45, 7) is -0.294. The average molecular weight is 134 g/mol. The van der Waals surface area contributed by atoms with Gasteiger partial charge in [0, 0.05) is 0 Å². The molecule has 0 saturated heterocycles. The molecule has 0 saturated carbocycles. The number of hydrogen-bond acceptors (Lipinski definition) is 3. The predicted molar refractivity (Wildman–Crippen MR) is 26.6 cm³/mol. The second-order valence-corrected chi connectivity index (χ2v) is 2.36. The Morgan fingerprint density at radius 2 is 2.50 bits per heavy atom. The Morgan fingerprint density at radius 3 is 2.62 bits per heavy atom. The summed E-state index contributed by atoms with van der Waals surface area (Å²) in [6.07, 6.45) is 4.65. The third kappa shape index (κ3) is 5.67. The van der Waals surface area contributed by atoms with Crippen LogP contribution in [0.2, 0.25) is 0 Å². The smallest absolute Gasteiger partial charge is 0.202 e. The van der Waals surface area contributed by atoms with Crippen LogP contribution in [0, 0.1) is 12.3 Å². The Hall–Kier alpha value is -0.330. The van der Waals surface area contributed by atoms with Crippen molar-refractivity contribution < 1.29 is 14.0 Å². The van der Waals surface area contributed by atoms with Crippen molar-refractivity contribution in [2.45, 2.75) is 0 Å². The van der Waals surface area contributed by atoms with Crippen molar-refractivity contribution in [3.63, 3.8) is 0 Å². The first-order valence-electron chi connectivity index (χ1n) is 1.74. The Bertz CT molecular complexity index is 143. The molecule has 0 aliphatic heterocycles. The number of nitrogens with two attached hydrogens (primary N) is 1. The maximum absolute atomic E-state index is 9.88. The van der Waals surface area contributed by atoms with Crippen molar-refractivity contribution in [3.8, 4) is 12.3 Å². The van der Waals surface area contributed by atoms with Gasteiger partial charge in [-0.25, -0.2) is 0 Å². The fourth-order valence-electron chi connectivity index (χ4n) is 0.127. The Labute approximate surface area is 47.2 Å². The highest BCUT2D eigenvalue weighted by atomic mass is 31.2. The molecule has 0 fully saturated rings. The molecule has 0 spiro atoms. The third-order valence-electron chi connectivity index (χ3n) is 0.328. The average Bonchev–Trinajstić information content (AvgIpc) is 1.59. The van der Waals surface area contributed by atoms with Gasteiger partial charge in [-0.2, -0.15) is 0 Å². The van der Waals surface area contributed by atoms with Crippen LogP contribution in [-0.2, 0) is 9.09 Å². The Kier molecular flexibility index (Phi) is 2.74. The molecule has 0 heterocycles. The SMILES string of the molecule is C#CCOP(N)(=O)[O-]. The van der Waals surface area contributed by atoms with Gasteiger partial charge in [0.25, 0.3) is 0 Å². The molecule has 0 aliphatic rings. The van der Waals surface area contributed by atoms with Gasteiger partial charge in [-0.15, -0.1) is 6.42 Å². The highest BCUT2D eigenvalue weighted by molar-refractivity contribution is 7.48. The van der Waals surface area contributed by atoms with Gasteiger partial charge in [-0.05, 0) is 0 Å². The van der Waals surface area contributed by atoms with Crippen LogP contribution in [0.3, 0.4) is 0 Å². The summed E-state index contributed by atoms with van der Waals surface area (Å²) in [5, 5.41) is 0. The summed E-state index contributed by atoms with van der Waals surface area (Å²) in [5.74, 6) is 1.95. The van der Waals surface area contributed by atoms with E-state index >= 15 is 0 Å². The van der Waals surface area contributed by atoms with E-state index in [9.17, 15) is 9.46 Å². The van der Waals surface area contributed by atoms with E-state index < -0.39 is 7.75 Å². The summed E-state index contributed by atoms with van der Waals surface area (Å²) < 4.78 is 13.8. The summed E-state index contributed by atoms with van der Waals surface area (Å²) in [4.78, 5) is 9.88. The van der Waals surface area contributed by atoms with E-state index in [1.807, 2.05) is 5.92 Å². The molecule has 0 bridgehead atoms. The van der Waals surface area contributed by atoms with Crippen LogP contribution < -0.4 is 10.4 Å². The summed E-state index contributed by atoms with van der Waals surface area (Å²) >= 11 is 0. The van der Waals surface area contributed by atoms with Crippen LogP contribution in [-0.4, -0.2) is 6.61 Å². The first-order valence-corrected chi connectivity index (χ1v) is 3.35. The van der Waals surface area contributed by atoms with Crippen molar-refractivity contribution in [1.29, 1.82) is 0 Å². The van der Waals surface area contributed by atoms with Crippen LogP contribution in [0.1, 0.15) is 0 Å². The van der Waals surface area contributed by atoms with Gasteiger partial charge in [-0.3, -0.25) is 10.1 Å². The molecule has 8 heavy (non-hydrogen) atoms. The van der Waals surface area contributed by atoms with Gasteiger partial charge in [0.2, 0.25) is 7.75 Å². The number of rotatable bonds is 2. The normalized spacial score (nSPS) is 16.6. The van der Waals surface area contributed by atoms with Gasteiger partial charge in [0.05, 0.1) is 0 Å². The molecule has 0 aromatic carbocycles. The molecule has 0 amide bonds. The lowest BCUT2D eigenvalue weighted by Gasteiger charge is -2.14. The molecule has 0 aromatic heterocycles. The van der Waals surface area contributed by atoms with Gasteiger partial charge in [-0.1, -0.05) is 5.92 Å². The molecule has 0 aromatic rings. The largest absolute Gasteiger partial charge is 0.766 e. The van der Waals surface area contributed by atoms with Crippen molar-refractivity contribution in [1.82, 2.24) is 0 Å². The second-order valence-electron chi connectivity index (χ2n) is 1.02. The van der Waals surface area contributed by atoms with Crippen molar-refractivity contribution in [3.05, 3.63) is 0 Å². The molecule has 1 atom stereocenters. The Morgan fingerprint density at radius 1 is 2.00 bits per heavy atom. The lowest BCUT2D eigenvalue weighted by Crippen LogP contribution is -2.12. The van der Waals surface area contributed by atoms with E-state index in [1.165, 1.54) is 0 Å². The maximum Gasteiger partial charge on any atom is 0.202 e. The molecule has 46 valence electrons. The number of hydrogen-bond donors (Lipinski definition) is 1. The van der Waals surface area contributed by atoms with E-state index in [2.05, 4.69) is 16.5 Å². The zero-order valence-electron chi connectivity index (χ0n) is 4.03. The third-order valence-corrected chi connectivity index (χ3v) is 0.817. The minimum atomic E-state index is -4.07. The van der Waals surface area contributed by atoms with E-state index in [-0.39, 0.29) is 6.61 Å². The monoisotopic (exact) mass is 134 g/mol. The lowest BCUT2D eigenvalue weighted by atomic mass is 10.8. The first-order chi connectivity index (χ1) is 3.56. The highest BCUT2D eigenvalue weighted by Crippen LogP contribution is 2.23. The lowest BCUT2D eigenvalue weighted by molar-refractivity contribution is -0.197. The Balaban J connectivity index is 3.45. The minimum Gasteiger partial charge on any atom is -0.766 e. The summed E-state index contributed by atoms with van der Waals surface area (Å²) in [6, 6.07) is 0. The molecule has 0 radical (unpaired) electrons. The summed E-state index contributed by atoms with van der Waals surface area (Å²) in [5.41, 5.74) is 4.40. The zero-order valence-corrected chi connectivity index (χ0v) is 4.93. The standard InChI is InChI=1S/C3H6NO3P/c1-2-3-7-8(4,5)6/h1H,3H2,(H3,4,5,6)/p-1. The maximum atomic E-state index is 9.88. The van der Waals surface area contributed by atoms with E-state index in [0.717, 1.165) is 0 Å². The molecule has 5 heteroatoms. The van der Waals surface area contributed by atoms with Crippen LogP contribution in [0.4, 0.5) is 0 Å². The molecule has 1 unspecified atom stereocenters. The number of terminal acetylenes is 1. The van der Waals surface area contributed by atoms with E-state index in [1.54, 1.807) is 0 Å². The molecular formula is C3H5NO3P-. The highest BCUT2D eigenvalue weighted by Gasteiger charge is 1.94. The van der Waals surface area contributed by atoms with E-state index in [0.29, 0.717) is 0 Å². The molecule has 0 aliphatic carbocycles. The van der Waals surface area contributed by atoms with Gasteiger partial charge >= 0.3 is 0 Å². The van der Waals surface area contributed by atoms with Crippen molar-refractivity contribution in [2.24, 2.45) is 5.50 Å². The van der Waals surface area contributed by atoms with Gasteiger partial charge in [0.15, 0.2) is 0 Å².